The van der Waals surface area contributed by atoms with Crippen molar-refractivity contribution in [2.75, 3.05) is 13.4 Å². The SMILES string of the molecule is CCOC(=O)C1=C(c2ccccc2)N=c2sc(=Cc3ccc(-c4cccc(C(F)(F)F)c4)o3)c(=O)n2C1c1ccc2c(c1)OCO2. The standard InChI is InChI=1S/C34H23F3N2O6S/c1-2-42-32(41)28-29(19-7-4-3-5-8-19)38-33-39(30(28)21-11-13-25-26(16-21)44-18-43-25)31(40)27(46-33)17-23-12-14-24(45-23)20-9-6-10-22(15-20)34(35,36)37/h3-17,30H,2,18H2,1H3. The first-order valence-electron chi connectivity index (χ1n) is 14.2. The lowest BCUT2D eigenvalue weighted by Crippen LogP contribution is -2.40. The van der Waals surface area contributed by atoms with Crippen molar-refractivity contribution in [3.8, 4) is 22.8 Å². The summed E-state index contributed by atoms with van der Waals surface area (Å²) in [5.74, 6) is 0.845. The fraction of sp³-hybridized carbons (Fsp3) is 0.147. The minimum absolute atomic E-state index is 0.0447. The van der Waals surface area contributed by atoms with E-state index in [4.69, 9.17) is 23.6 Å². The number of aromatic nitrogens is 1. The van der Waals surface area contributed by atoms with E-state index in [0.717, 1.165) is 23.5 Å². The first kappa shape index (κ1) is 29.4. The first-order valence-corrected chi connectivity index (χ1v) is 15.0. The van der Waals surface area contributed by atoms with Crippen molar-refractivity contribution in [3.05, 3.63) is 133 Å². The number of benzene rings is 3. The molecule has 2 aliphatic rings. The number of nitrogens with zero attached hydrogens (tertiary/aromatic N) is 2. The summed E-state index contributed by atoms with van der Waals surface area (Å²) in [5.41, 5.74) is 0.767. The number of carbonyl (C=O) groups is 1. The largest absolute Gasteiger partial charge is 0.463 e. The molecule has 0 amide bonds. The monoisotopic (exact) mass is 644 g/mol. The molecule has 46 heavy (non-hydrogen) atoms. The molecule has 0 fully saturated rings. The molecule has 0 aliphatic carbocycles. The summed E-state index contributed by atoms with van der Waals surface area (Å²) in [6, 6.07) is 21.3. The van der Waals surface area contributed by atoms with Crippen LogP contribution in [0.2, 0.25) is 0 Å². The van der Waals surface area contributed by atoms with Gasteiger partial charge in [-0.25, -0.2) is 9.79 Å². The Kier molecular flexibility index (Phi) is 7.36. The minimum Gasteiger partial charge on any atom is -0.463 e. The summed E-state index contributed by atoms with van der Waals surface area (Å²) in [6.45, 7) is 1.85. The Morgan fingerprint density at radius 2 is 1.78 bits per heavy atom. The maximum absolute atomic E-state index is 14.1. The fourth-order valence-electron chi connectivity index (χ4n) is 5.40. The van der Waals surface area contributed by atoms with E-state index in [2.05, 4.69) is 0 Å². The number of rotatable bonds is 6. The van der Waals surface area contributed by atoms with Gasteiger partial charge in [-0.1, -0.05) is 59.9 Å². The van der Waals surface area contributed by atoms with Crippen molar-refractivity contribution in [2.24, 2.45) is 4.99 Å². The minimum atomic E-state index is -4.50. The van der Waals surface area contributed by atoms with Gasteiger partial charge >= 0.3 is 12.1 Å². The molecule has 1 atom stereocenters. The molecular formula is C34H23F3N2O6S. The second-order valence-electron chi connectivity index (χ2n) is 10.3. The van der Waals surface area contributed by atoms with Crippen LogP contribution in [0.1, 0.15) is 35.4 Å². The Bertz CT molecular complexity index is 2200. The Balaban J connectivity index is 1.40. The molecule has 2 aliphatic heterocycles. The highest BCUT2D eigenvalue weighted by Crippen LogP contribution is 2.40. The average Bonchev–Trinajstić information content (AvgIpc) is 3.80. The number of thiazole rings is 1. The zero-order chi connectivity index (χ0) is 32.0. The lowest BCUT2D eigenvalue weighted by Gasteiger charge is -2.26. The molecule has 3 aromatic carbocycles. The third kappa shape index (κ3) is 5.30. The van der Waals surface area contributed by atoms with Gasteiger partial charge in [0, 0.05) is 17.2 Å². The van der Waals surface area contributed by atoms with Crippen LogP contribution < -0.4 is 24.4 Å². The number of alkyl halides is 3. The van der Waals surface area contributed by atoms with Gasteiger partial charge in [0.05, 0.1) is 34.0 Å². The molecule has 0 saturated carbocycles. The van der Waals surface area contributed by atoms with Gasteiger partial charge in [0.2, 0.25) is 6.79 Å². The van der Waals surface area contributed by atoms with E-state index in [-0.39, 0.29) is 40.6 Å². The molecule has 2 aromatic heterocycles. The lowest BCUT2D eigenvalue weighted by atomic mass is 9.93. The van der Waals surface area contributed by atoms with E-state index in [0.29, 0.717) is 33.1 Å². The van der Waals surface area contributed by atoms with Gasteiger partial charge in [-0.05, 0) is 48.9 Å². The Hall–Kier alpha value is -5.36. The van der Waals surface area contributed by atoms with E-state index in [1.807, 2.05) is 30.3 Å². The number of furan rings is 1. The van der Waals surface area contributed by atoms with Crippen molar-refractivity contribution >= 4 is 29.1 Å². The van der Waals surface area contributed by atoms with Crippen molar-refractivity contribution in [2.45, 2.75) is 19.1 Å². The molecule has 8 nitrogen and oxygen atoms in total. The second kappa shape index (κ2) is 11.5. The molecule has 5 aromatic rings. The quantitative estimate of drug-likeness (QED) is 0.213. The van der Waals surface area contributed by atoms with Crippen molar-refractivity contribution in [1.82, 2.24) is 4.57 Å². The molecule has 0 bridgehead atoms. The van der Waals surface area contributed by atoms with Crippen LogP contribution in [0.4, 0.5) is 13.2 Å². The first-order chi connectivity index (χ1) is 22.2. The van der Waals surface area contributed by atoms with Gasteiger partial charge in [0.1, 0.15) is 11.5 Å². The van der Waals surface area contributed by atoms with Crippen molar-refractivity contribution in [1.29, 1.82) is 0 Å². The summed E-state index contributed by atoms with van der Waals surface area (Å²) >= 11 is 1.09. The summed E-state index contributed by atoms with van der Waals surface area (Å²) in [6.07, 6.45) is -3.00. The highest BCUT2D eigenvalue weighted by atomic mass is 32.1. The van der Waals surface area contributed by atoms with E-state index in [1.54, 1.807) is 37.3 Å². The second-order valence-corrected chi connectivity index (χ2v) is 11.3. The number of hydrogen-bond donors (Lipinski definition) is 0. The molecular weight excluding hydrogens is 621 g/mol. The lowest BCUT2D eigenvalue weighted by molar-refractivity contribution is -0.139. The van der Waals surface area contributed by atoms with Crippen LogP contribution >= 0.6 is 11.3 Å². The van der Waals surface area contributed by atoms with Crippen molar-refractivity contribution in [3.63, 3.8) is 0 Å². The maximum Gasteiger partial charge on any atom is 0.416 e. The molecule has 4 heterocycles. The summed E-state index contributed by atoms with van der Waals surface area (Å²) in [4.78, 5) is 32.9. The van der Waals surface area contributed by atoms with E-state index >= 15 is 0 Å². The summed E-state index contributed by atoms with van der Waals surface area (Å²) in [7, 11) is 0. The number of ether oxygens (including phenoxy) is 3. The highest BCUT2D eigenvalue weighted by Gasteiger charge is 2.36. The van der Waals surface area contributed by atoms with Gasteiger partial charge in [0.25, 0.3) is 5.56 Å². The van der Waals surface area contributed by atoms with Crippen LogP contribution in [0.3, 0.4) is 0 Å². The van der Waals surface area contributed by atoms with Crippen LogP contribution in [-0.2, 0) is 15.7 Å². The molecule has 12 heteroatoms. The van der Waals surface area contributed by atoms with Gasteiger partial charge in [-0.2, -0.15) is 13.2 Å². The molecule has 0 saturated heterocycles. The normalized spacial score (nSPS) is 15.9. The molecule has 1 unspecified atom stereocenters. The number of fused-ring (bicyclic) bond motifs is 2. The van der Waals surface area contributed by atoms with Crippen molar-refractivity contribution < 1.29 is 36.6 Å². The predicted molar refractivity (Wildman–Crippen MR) is 163 cm³/mol. The van der Waals surface area contributed by atoms with Gasteiger partial charge < -0.3 is 18.6 Å². The van der Waals surface area contributed by atoms with E-state index in [9.17, 15) is 22.8 Å². The number of halogens is 3. The van der Waals surface area contributed by atoms with Crippen LogP contribution in [0.5, 0.6) is 11.5 Å². The Morgan fingerprint density at radius 3 is 2.57 bits per heavy atom. The molecule has 0 N–H and O–H groups in total. The summed E-state index contributed by atoms with van der Waals surface area (Å²) in [5, 5.41) is 0. The maximum atomic E-state index is 14.1. The Labute approximate surface area is 262 Å². The fourth-order valence-corrected chi connectivity index (χ4v) is 6.38. The number of hydrogen-bond acceptors (Lipinski definition) is 8. The zero-order valence-corrected chi connectivity index (χ0v) is 24.9. The van der Waals surface area contributed by atoms with Gasteiger partial charge in [0.15, 0.2) is 16.3 Å². The van der Waals surface area contributed by atoms with Gasteiger partial charge in [-0.15, -0.1) is 0 Å². The third-order valence-corrected chi connectivity index (χ3v) is 8.44. The number of carbonyl (C=O) groups excluding carboxylic acids is 1. The highest BCUT2D eigenvalue weighted by molar-refractivity contribution is 7.07. The van der Waals surface area contributed by atoms with Crippen LogP contribution in [0.25, 0.3) is 23.1 Å². The van der Waals surface area contributed by atoms with Crippen LogP contribution in [-0.4, -0.2) is 23.9 Å². The Morgan fingerprint density at radius 1 is 1.00 bits per heavy atom. The summed E-state index contributed by atoms with van der Waals surface area (Å²) < 4.78 is 64.0. The van der Waals surface area contributed by atoms with E-state index < -0.39 is 29.3 Å². The molecule has 0 radical (unpaired) electrons. The topological polar surface area (TPSA) is 92.3 Å². The zero-order valence-electron chi connectivity index (χ0n) is 24.0. The predicted octanol–water partition coefficient (Wildman–Crippen LogP) is 5.94. The number of esters is 1. The molecule has 0 spiro atoms. The molecule has 7 rings (SSSR count). The van der Waals surface area contributed by atoms with Crippen LogP contribution in [0, 0.1) is 0 Å². The van der Waals surface area contributed by atoms with Crippen LogP contribution in [0.15, 0.2) is 105 Å². The molecule has 232 valence electrons. The average molecular weight is 645 g/mol. The van der Waals surface area contributed by atoms with Gasteiger partial charge in [-0.3, -0.25) is 9.36 Å². The smallest absolute Gasteiger partial charge is 0.416 e. The third-order valence-electron chi connectivity index (χ3n) is 7.46. The van der Waals surface area contributed by atoms with E-state index in [1.165, 1.54) is 22.8 Å².